The summed E-state index contributed by atoms with van der Waals surface area (Å²) in [7, 11) is 4.28. The zero-order valence-corrected chi connectivity index (χ0v) is 34.1. The first-order valence-corrected chi connectivity index (χ1v) is 21.9. The van der Waals surface area contributed by atoms with Gasteiger partial charge in [-0.2, -0.15) is 9.13 Å². The number of aromatic nitrogens is 2. The first-order valence-electron chi connectivity index (χ1n) is 18.9. The van der Waals surface area contributed by atoms with E-state index in [0.717, 1.165) is 32.9 Å². The Labute approximate surface area is 330 Å². The summed E-state index contributed by atoms with van der Waals surface area (Å²) >= 11 is 7.02. The van der Waals surface area contributed by atoms with Gasteiger partial charge in [-0.25, -0.2) is 0 Å². The average molecular weight is 763 g/mol. The summed E-state index contributed by atoms with van der Waals surface area (Å²) < 4.78 is 18.4. The molecule has 2 aromatic heterocycles. The summed E-state index contributed by atoms with van der Waals surface area (Å²) in [6.45, 7) is 5.90. The highest BCUT2D eigenvalue weighted by Gasteiger charge is 2.39. The third-order valence-corrected chi connectivity index (χ3v) is 13.7. The molecular formula is C48H48ClN4OP+2. The van der Waals surface area contributed by atoms with Gasteiger partial charge in [0.2, 0.25) is 23.6 Å². The van der Waals surface area contributed by atoms with Crippen molar-refractivity contribution in [1.82, 2.24) is 0 Å². The SMILES string of the molecule is CN1/C(=C/C=C/c2cc[n+](CP(=O)(Cl)C[n+]3ccc(/C=C/C=C4/N(C)c5ccccc5C4(C)C)c4ccccc43)c3ccccc23)C(C)(C)c2ccccc21. The lowest BCUT2D eigenvalue weighted by molar-refractivity contribution is -0.664. The number of allylic oxidation sites excluding steroid dienone is 6. The monoisotopic (exact) mass is 762 g/mol. The Morgan fingerprint density at radius 1 is 0.582 bits per heavy atom. The zero-order valence-electron chi connectivity index (χ0n) is 32.4. The van der Waals surface area contributed by atoms with Gasteiger partial charge in [0, 0.05) is 72.0 Å². The Hall–Kier alpha value is -5.22. The van der Waals surface area contributed by atoms with Gasteiger partial charge in [-0.1, -0.05) is 113 Å². The number of nitrogens with zero attached hydrogens (tertiary/aromatic N) is 4. The third-order valence-electron chi connectivity index (χ3n) is 11.6. The van der Waals surface area contributed by atoms with Crippen LogP contribution in [0.3, 0.4) is 0 Å². The largest absolute Gasteiger partial charge is 0.347 e. The number of halogens is 1. The second-order valence-corrected chi connectivity index (χ2v) is 19.8. The van der Waals surface area contributed by atoms with Gasteiger partial charge < -0.3 is 9.80 Å². The van der Waals surface area contributed by atoms with E-state index in [1.165, 1.54) is 33.9 Å². The minimum absolute atomic E-state index is 0.0886. The van der Waals surface area contributed by atoms with Crippen LogP contribution in [0.25, 0.3) is 34.0 Å². The van der Waals surface area contributed by atoms with E-state index in [-0.39, 0.29) is 23.4 Å². The summed E-state index contributed by atoms with van der Waals surface area (Å²) in [5.74, 6) is 0. The van der Waals surface area contributed by atoms with Crippen molar-refractivity contribution in [3.63, 3.8) is 0 Å². The van der Waals surface area contributed by atoms with Crippen molar-refractivity contribution in [3.05, 3.63) is 180 Å². The van der Waals surface area contributed by atoms with Crippen molar-refractivity contribution >= 4 is 63.1 Å². The third kappa shape index (κ3) is 6.64. The van der Waals surface area contributed by atoms with E-state index in [0.29, 0.717) is 0 Å². The Balaban J connectivity index is 1.03. The van der Waals surface area contributed by atoms with Gasteiger partial charge in [0.1, 0.15) is 0 Å². The lowest BCUT2D eigenvalue weighted by atomic mass is 9.84. The molecule has 0 saturated heterocycles. The van der Waals surface area contributed by atoms with Crippen LogP contribution in [0.1, 0.15) is 49.9 Å². The molecule has 0 fully saturated rings. The topological polar surface area (TPSA) is 31.3 Å². The van der Waals surface area contributed by atoms with Crippen LogP contribution in [0.4, 0.5) is 11.4 Å². The highest BCUT2D eigenvalue weighted by molar-refractivity contribution is 7.87. The maximum absolute atomic E-state index is 14.3. The summed E-state index contributed by atoms with van der Waals surface area (Å²) in [6, 6.07) is 38.0. The van der Waals surface area contributed by atoms with Crippen LogP contribution in [0.2, 0.25) is 0 Å². The number of fused-ring (bicyclic) bond motifs is 4. The Morgan fingerprint density at radius 3 is 1.38 bits per heavy atom. The molecular weight excluding hydrogens is 715 g/mol. The van der Waals surface area contributed by atoms with Crippen LogP contribution in [-0.4, -0.2) is 14.1 Å². The van der Waals surface area contributed by atoms with Gasteiger partial charge in [0.25, 0.3) is 6.49 Å². The van der Waals surface area contributed by atoms with Crippen LogP contribution in [-0.2, 0) is 28.0 Å². The number of pyridine rings is 2. The normalized spacial score (nSPS) is 17.7. The van der Waals surface area contributed by atoms with E-state index >= 15 is 0 Å². The molecule has 0 saturated carbocycles. The van der Waals surface area contributed by atoms with Crippen molar-refractivity contribution in [3.8, 4) is 0 Å². The summed E-state index contributed by atoms with van der Waals surface area (Å²) in [6.07, 6.45) is 17.5. The Kier molecular flexibility index (Phi) is 9.44. The predicted molar refractivity (Wildman–Crippen MR) is 232 cm³/mol. The van der Waals surface area contributed by atoms with Crippen LogP contribution in [0.15, 0.2) is 157 Å². The van der Waals surface area contributed by atoms with Gasteiger partial charge in [-0.15, -0.1) is 0 Å². The smallest absolute Gasteiger partial charge is 0.294 e. The first-order chi connectivity index (χ1) is 26.4. The van der Waals surface area contributed by atoms with Gasteiger partial charge in [-0.3, -0.25) is 4.57 Å². The molecule has 2 aliphatic heterocycles. The fourth-order valence-corrected chi connectivity index (χ4v) is 10.9. The number of hydrogen-bond acceptors (Lipinski definition) is 3. The number of benzene rings is 4. The van der Waals surface area contributed by atoms with Crippen LogP contribution < -0.4 is 18.9 Å². The molecule has 55 heavy (non-hydrogen) atoms. The predicted octanol–water partition coefficient (Wildman–Crippen LogP) is 11.3. The lowest BCUT2D eigenvalue weighted by Gasteiger charge is -2.23. The molecule has 4 aromatic carbocycles. The van der Waals surface area contributed by atoms with E-state index in [9.17, 15) is 4.57 Å². The van der Waals surface area contributed by atoms with E-state index in [1.54, 1.807) is 0 Å². The number of para-hydroxylation sites is 4. The molecule has 8 rings (SSSR count). The fraction of sp³-hybridized carbons (Fsp3) is 0.208. The van der Waals surface area contributed by atoms with Crippen LogP contribution >= 0.6 is 17.7 Å². The molecule has 6 aromatic rings. The lowest BCUT2D eigenvalue weighted by Crippen LogP contribution is -2.38. The number of hydrogen-bond donors (Lipinski definition) is 0. The van der Waals surface area contributed by atoms with E-state index in [4.69, 9.17) is 11.2 Å². The quantitative estimate of drug-likeness (QED) is 0.114. The summed E-state index contributed by atoms with van der Waals surface area (Å²) in [5.41, 5.74) is 11.7. The second-order valence-electron chi connectivity index (χ2n) is 15.8. The highest BCUT2D eigenvalue weighted by atomic mass is 35.7. The molecule has 0 atom stereocenters. The molecule has 0 N–H and O–H groups in total. The zero-order chi connectivity index (χ0) is 38.5. The molecule has 2 aliphatic rings. The molecule has 0 spiro atoms. The maximum atomic E-state index is 14.3. The molecule has 4 heterocycles. The summed E-state index contributed by atoms with van der Waals surface area (Å²) in [4.78, 5) is 4.57. The van der Waals surface area contributed by atoms with E-state index < -0.39 is 6.49 Å². The van der Waals surface area contributed by atoms with Crippen molar-refractivity contribution in [1.29, 1.82) is 0 Å². The Morgan fingerprint density at radius 2 is 0.964 bits per heavy atom. The number of anilines is 2. The van der Waals surface area contributed by atoms with Gasteiger partial charge in [0.15, 0.2) is 12.4 Å². The molecule has 0 unspecified atom stereocenters. The molecule has 5 nitrogen and oxygen atoms in total. The molecule has 7 heteroatoms. The van der Waals surface area contributed by atoms with Crippen molar-refractivity contribution in [2.75, 3.05) is 23.9 Å². The molecule has 0 radical (unpaired) electrons. The number of rotatable bonds is 8. The highest BCUT2D eigenvalue weighted by Crippen LogP contribution is 2.52. The number of likely N-dealkylation sites (N-methyl/N-ethyl adjacent to an activating group) is 2. The molecule has 0 bridgehead atoms. The average Bonchev–Trinajstić information content (AvgIpc) is 3.50. The minimum Gasteiger partial charge on any atom is -0.347 e. The van der Waals surface area contributed by atoms with Crippen molar-refractivity contribution < 1.29 is 13.7 Å². The van der Waals surface area contributed by atoms with Crippen molar-refractivity contribution in [2.45, 2.75) is 51.1 Å². The van der Waals surface area contributed by atoms with Crippen LogP contribution in [0.5, 0.6) is 0 Å². The maximum Gasteiger partial charge on any atom is 0.294 e. The minimum atomic E-state index is -3.21. The van der Waals surface area contributed by atoms with Gasteiger partial charge in [0.05, 0.1) is 10.8 Å². The molecule has 0 amide bonds. The first kappa shape index (κ1) is 36.7. The standard InChI is InChI=1S/C48H48ClN4OP/c1-47(2)39-21-9-13-25-43(39)50(5)45(47)27-15-17-35-29-31-52(41-23-11-7-19-37(35)41)33-55(49,54)34-53-32-30-36(38-20-8-12-24-42(38)53)18-16-28-46-48(3,4)40-22-10-14-26-44(40)51(46)6/h7-32H,33-34H2,1-6H3/q+2. The molecule has 0 aliphatic carbocycles. The fourth-order valence-electron chi connectivity index (χ4n) is 8.74. The summed E-state index contributed by atoms with van der Waals surface area (Å²) in [5, 5.41) is 2.16. The Bertz CT molecular complexity index is 2470. The second kappa shape index (κ2) is 14.1. The van der Waals surface area contributed by atoms with Crippen LogP contribution in [0, 0.1) is 0 Å². The van der Waals surface area contributed by atoms with Gasteiger partial charge in [-0.05, 0) is 69.9 Å². The van der Waals surface area contributed by atoms with Crippen molar-refractivity contribution in [2.24, 2.45) is 0 Å². The molecule has 276 valence electrons. The van der Waals surface area contributed by atoms with Gasteiger partial charge >= 0.3 is 0 Å². The van der Waals surface area contributed by atoms with E-state index in [2.05, 4.69) is 173 Å². The van der Waals surface area contributed by atoms with E-state index in [1.807, 2.05) is 45.8 Å².